The lowest BCUT2D eigenvalue weighted by Crippen LogP contribution is -2.20. The van der Waals surface area contributed by atoms with Gasteiger partial charge in [0.2, 0.25) is 5.82 Å². The Bertz CT molecular complexity index is 1040. The maximum absolute atomic E-state index is 13.1. The van der Waals surface area contributed by atoms with Crippen molar-refractivity contribution in [2.75, 3.05) is 19.0 Å². The molecule has 0 amide bonds. The molecule has 2 aromatic carbocycles. The summed E-state index contributed by atoms with van der Waals surface area (Å²) >= 11 is 0.993. The van der Waals surface area contributed by atoms with Crippen molar-refractivity contribution in [2.24, 2.45) is 0 Å². The van der Waals surface area contributed by atoms with Crippen LogP contribution in [0.5, 0.6) is 5.75 Å². The molecule has 164 valence electrons. The molecule has 10 heteroatoms. The molecule has 6 nitrogen and oxygen atoms in total. The molecule has 0 saturated carbocycles. The monoisotopic (exact) mass is 452 g/mol. The summed E-state index contributed by atoms with van der Waals surface area (Å²) in [7, 11) is 0. The number of hydrogen-bond acceptors (Lipinski definition) is 7. The van der Waals surface area contributed by atoms with E-state index in [1.165, 1.54) is 6.07 Å². The second kappa shape index (κ2) is 9.97. The molecular formula is C21H19F3N2O4S. The largest absolute Gasteiger partial charge is 0.491 e. The van der Waals surface area contributed by atoms with Gasteiger partial charge in [-0.05, 0) is 37.3 Å². The third-order valence-corrected chi connectivity index (χ3v) is 5.18. The number of benzene rings is 2. The summed E-state index contributed by atoms with van der Waals surface area (Å²) in [4.78, 5) is 18.8. The summed E-state index contributed by atoms with van der Waals surface area (Å²) in [6, 6.07) is 12.6. The molecule has 1 heterocycles. The third kappa shape index (κ3) is 6.08. The standard InChI is InChI=1S/C21H19F3N2O4S/c1-2-29-19(28)13-7-9-15(10-8-13)30-11-14(27)12-31-18-16-5-3-4-6-17(16)25-20(26-18)21(22,23)24/h3-10,14,27H,2,11-12H2,1H3. The highest BCUT2D eigenvalue weighted by Gasteiger charge is 2.35. The van der Waals surface area contributed by atoms with Crippen molar-refractivity contribution in [3.05, 3.63) is 59.9 Å². The Morgan fingerprint density at radius 1 is 1.13 bits per heavy atom. The van der Waals surface area contributed by atoms with E-state index >= 15 is 0 Å². The molecule has 0 aliphatic carbocycles. The first-order chi connectivity index (χ1) is 14.8. The van der Waals surface area contributed by atoms with Gasteiger partial charge in [0.1, 0.15) is 17.4 Å². The molecule has 0 aliphatic heterocycles. The van der Waals surface area contributed by atoms with Crippen LogP contribution in [0.25, 0.3) is 10.9 Å². The summed E-state index contributed by atoms with van der Waals surface area (Å²) in [6.07, 6.45) is -5.63. The Kier molecular flexibility index (Phi) is 7.34. The van der Waals surface area contributed by atoms with E-state index in [0.29, 0.717) is 16.7 Å². The van der Waals surface area contributed by atoms with Gasteiger partial charge in [0.05, 0.1) is 23.8 Å². The minimum absolute atomic E-state index is 0.0687. The molecule has 0 radical (unpaired) electrons. The van der Waals surface area contributed by atoms with Crippen molar-refractivity contribution < 1.29 is 32.5 Å². The Balaban J connectivity index is 1.61. The normalized spacial score (nSPS) is 12.5. The number of aliphatic hydroxyl groups is 1. The number of para-hydroxylation sites is 1. The lowest BCUT2D eigenvalue weighted by Gasteiger charge is -2.14. The molecule has 1 aromatic heterocycles. The van der Waals surface area contributed by atoms with E-state index in [9.17, 15) is 23.1 Å². The first-order valence-electron chi connectivity index (χ1n) is 9.32. The average molecular weight is 452 g/mol. The van der Waals surface area contributed by atoms with Crippen molar-refractivity contribution >= 4 is 28.6 Å². The number of rotatable bonds is 8. The predicted molar refractivity (Wildman–Crippen MR) is 109 cm³/mol. The lowest BCUT2D eigenvalue weighted by molar-refractivity contribution is -0.145. The van der Waals surface area contributed by atoms with Crippen LogP contribution >= 0.6 is 11.8 Å². The highest BCUT2D eigenvalue weighted by molar-refractivity contribution is 7.99. The van der Waals surface area contributed by atoms with Gasteiger partial charge in [-0.3, -0.25) is 0 Å². The Morgan fingerprint density at radius 2 is 1.84 bits per heavy atom. The second-order valence-corrected chi connectivity index (χ2v) is 7.40. The maximum Gasteiger partial charge on any atom is 0.451 e. The number of aliphatic hydroxyl groups excluding tert-OH is 1. The van der Waals surface area contributed by atoms with Crippen molar-refractivity contribution in [3.8, 4) is 5.75 Å². The van der Waals surface area contributed by atoms with Crippen molar-refractivity contribution in [3.63, 3.8) is 0 Å². The first kappa shape index (κ1) is 22.8. The van der Waals surface area contributed by atoms with Crippen molar-refractivity contribution in [1.29, 1.82) is 0 Å². The quantitative estimate of drug-likeness (QED) is 0.309. The summed E-state index contributed by atoms with van der Waals surface area (Å²) < 4.78 is 49.7. The smallest absolute Gasteiger partial charge is 0.451 e. The van der Waals surface area contributed by atoms with E-state index in [0.717, 1.165) is 11.8 Å². The summed E-state index contributed by atoms with van der Waals surface area (Å²) in [5.74, 6) is -1.16. The van der Waals surface area contributed by atoms with Gasteiger partial charge < -0.3 is 14.6 Å². The van der Waals surface area contributed by atoms with Gasteiger partial charge in [-0.2, -0.15) is 13.2 Å². The molecule has 1 N–H and O–H groups in total. The van der Waals surface area contributed by atoms with Crippen LogP contribution in [0.2, 0.25) is 0 Å². The molecule has 0 saturated heterocycles. The maximum atomic E-state index is 13.1. The summed E-state index contributed by atoms with van der Waals surface area (Å²) in [5.41, 5.74) is 0.557. The van der Waals surface area contributed by atoms with Crippen LogP contribution in [0, 0.1) is 0 Å². The van der Waals surface area contributed by atoms with Gasteiger partial charge >= 0.3 is 12.1 Å². The van der Waals surface area contributed by atoms with E-state index in [4.69, 9.17) is 9.47 Å². The number of ether oxygens (including phenoxy) is 2. The van der Waals surface area contributed by atoms with E-state index in [1.807, 2.05) is 0 Å². The minimum Gasteiger partial charge on any atom is -0.491 e. The summed E-state index contributed by atoms with van der Waals surface area (Å²) in [6.45, 7) is 1.90. The van der Waals surface area contributed by atoms with Gasteiger partial charge in [-0.25, -0.2) is 14.8 Å². The Hall–Kier alpha value is -2.85. The molecule has 31 heavy (non-hydrogen) atoms. The number of carbonyl (C=O) groups excluding carboxylic acids is 1. The molecule has 0 aliphatic rings. The highest BCUT2D eigenvalue weighted by atomic mass is 32.2. The third-order valence-electron chi connectivity index (χ3n) is 4.04. The minimum atomic E-state index is -4.67. The van der Waals surface area contributed by atoms with Crippen LogP contribution in [0.15, 0.2) is 53.6 Å². The van der Waals surface area contributed by atoms with Crippen LogP contribution in [-0.2, 0) is 10.9 Å². The number of aromatic nitrogens is 2. The Labute approximate surface area is 180 Å². The molecule has 3 aromatic rings. The number of halogens is 3. The van der Waals surface area contributed by atoms with Crippen molar-refractivity contribution in [1.82, 2.24) is 9.97 Å². The second-order valence-electron chi connectivity index (χ2n) is 6.39. The zero-order valence-electron chi connectivity index (χ0n) is 16.4. The van der Waals surface area contributed by atoms with Crippen LogP contribution in [0.1, 0.15) is 23.1 Å². The van der Waals surface area contributed by atoms with Crippen LogP contribution < -0.4 is 4.74 Å². The van der Waals surface area contributed by atoms with Gasteiger partial charge in [0, 0.05) is 11.1 Å². The molecule has 0 fully saturated rings. The molecule has 1 atom stereocenters. The fourth-order valence-corrected chi connectivity index (χ4v) is 3.53. The number of hydrogen-bond donors (Lipinski definition) is 1. The first-order valence-corrected chi connectivity index (χ1v) is 10.3. The predicted octanol–water partition coefficient (Wildman–Crippen LogP) is 4.36. The number of carbonyl (C=O) groups is 1. The van der Waals surface area contributed by atoms with E-state index < -0.39 is 24.1 Å². The van der Waals surface area contributed by atoms with E-state index in [-0.39, 0.29) is 29.5 Å². The SMILES string of the molecule is CCOC(=O)c1ccc(OCC(O)CSc2nc(C(F)(F)F)nc3ccccc23)cc1. The lowest BCUT2D eigenvalue weighted by atomic mass is 10.2. The molecular weight excluding hydrogens is 433 g/mol. The summed E-state index contributed by atoms with van der Waals surface area (Å²) in [5, 5.41) is 10.8. The molecule has 0 spiro atoms. The molecule has 0 bridgehead atoms. The zero-order chi connectivity index (χ0) is 22.4. The van der Waals surface area contributed by atoms with Gasteiger partial charge in [-0.1, -0.05) is 18.2 Å². The number of esters is 1. The van der Waals surface area contributed by atoms with Gasteiger partial charge in [0.15, 0.2) is 0 Å². The number of thioether (sulfide) groups is 1. The van der Waals surface area contributed by atoms with Crippen LogP contribution in [-0.4, -0.2) is 46.1 Å². The van der Waals surface area contributed by atoms with E-state index in [1.54, 1.807) is 49.4 Å². The van der Waals surface area contributed by atoms with Crippen LogP contribution in [0.4, 0.5) is 13.2 Å². The highest BCUT2D eigenvalue weighted by Crippen LogP contribution is 2.32. The average Bonchev–Trinajstić information content (AvgIpc) is 2.75. The van der Waals surface area contributed by atoms with Crippen molar-refractivity contribution in [2.45, 2.75) is 24.2 Å². The fourth-order valence-electron chi connectivity index (χ4n) is 2.60. The molecule has 1 unspecified atom stereocenters. The van der Waals surface area contributed by atoms with Gasteiger partial charge in [-0.15, -0.1) is 11.8 Å². The topological polar surface area (TPSA) is 81.5 Å². The van der Waals surface area contributed by atoms with Crippen LogP contribution in [0.3, 0.4) is 0 Å². The Morgan fingerprint density at radius 3 is 2.52 bits per heavy atom. The zero-order valence-corrected chi connectivity index (χ0v) is 17.2. The fraction of sp³-hybridized carbons (Fsp3) is 0.286. The number of nitrogens with zero attached hydrogens (tertiary/aromatic N) is 2. The molecule has 3 rings (SSSR count). The van der Waals surface area contributed by atoms with Gasteiger partial charge in [0.25, 0.3) is 0 Å². The van der Waals surface area contributed by atoms with E-state index in [2.05, 4.69) is 9.97 Å². The number of fused-ring (bicyclic) bond motifs is 1. The number of alkyl halides is 3.